The second kappa shape index (κ2) is 7.98. The quantitative estimate of drug-likeness (QED) is 0.765. The van der Waals surface area contributed by atoms with E-state index in [1.807, 2.05) is 17.0 Å². The Kier molecular flexibility index (Phi) is 6.25. The number of benzene rings is 1. The first kappa shape index (κ1) is 18.0. The van der Waals surface area contributed by atoms with Crippen molar-refractivity contribution in [1.29, 1.82) is 0 Å². The van der Waals surface area contributed by atoms with E-state index in [2.05, 4.69) is 37.5 Å². The lowest BCUT2D eigenvalue weighted by Gasteiger charge is -2.37. The average Bonchev–Trinajstić information content (AvgIpc) is 2.53. The Bertz CT molecular complexity index is 545. The highest BCUT2D eigenvalue weighted by Crippen LogP contribution is 2.30. The molecule has 1 fully saturated rings. The lowest BCUT2D eigenvalue weighted by molar-refractivity contribution is -0.130. The maximum atomic E-state index is 11.5. The number of rotatable bonds is 5. The summed E-state index contributed by atoms with van der Waals surface area (Å²) in [6.45, 7) is 14.8. The summed E-state index contributed by atoms with van der Waals surface area (Å²) in [5, 5.41) is 0.762. The van der Waals surface area contributed by atoms with Crippen molar-refractivity contribution in [2.75, 3.05) is 32.7 Å². The van der Waals surface area contributed by atoms with Crippen LogP contribution in [-0.2, 0) is 4.79 Å². The van der Waals surface area contributed by atoms with Crippen LogP contribution in [0.25, 0.3) is 0 Å². The molecule has 0 bridgehead atoms. The number of hydrogen-bond acceptors (Lipinski definition) is 2. The SMILES string of the molecule is C=C(C(C)C)[C@@H](CN1CCN(C(C)=O)CC1)c1ccc(Cl)cc1. The Balaban J connectivity index is 2.08. The zero-order valence-electron chi connectivity index (χ0n) is 14.4. The maximum Gasteiger partial charge on any atom is 0.219 e. The van der Waals surface area contributed by atoms with Gasteiger partial charge >= 0.3 is 0 Å². The third-order valence-corrected chi connectivity index (χ3v) is 4.97. The van der Waals surface area contributed by atoms with Gasteiger partial charge in [0.2, 0.25) is 5.91 Å². The second-order valence-corrected chi connectivity index (χ2v) is 7.08. The lowest BCUT2D eigenvalue weighted by atomic mass is 9.85. The van der Waals surface area contributed by atoms with Gasteiger partial charge in [-0.1, -0.05) is 49.7 Å². The molecule has 0 unspecified atom stereocenters. The van der Waals surface area contributed by atoms with Crippen LogP contribution in [0.4, 0.5) is 0 Å². The molecule has 0 N–H and O–H groups in total. The molecule has 2 rings (SSSR count). The molecule has 1 saturated heterocycles. The highest BCUT2D eigenvalue weighted by molar-refractivity contribution is 6.30. The zero-order chi connectivity index (χ0) is 17.0. The summed E-state index contributed by atoms with van der Waals surface area (Å²) in [5.74, 6) is 0.913. The Hall–Kier alpha value is -1.32. The third kappa shape index (κ3) is 4.82. The number of carbonyl (C=O) groups is 1. The van der Waals surface area contributed by atoms with Crippen molar-refractivity contribution in [2.24, 2.45) is 5.92 Å². The molecule has 1 amide bonds. The summed E-state index contributed by atoms with van der Waals surface area (Å²) in [4.78, 5) is 15.8. The molecule has 0 saturated carbocycles. The molecule has 1 atom stereocenters. The molecular formula is C19H27ClN2O. The number of halogens is 1. The van der Waals surface area contributed by atoms with Gasteiger partial charge in [-0.05, 0) is 23.6 Å². The van der Waals surface area contributed by atoms with Gasteiger partial charge in [-0.3, -0.25) is 9.69 Å². The zero-order valence-corrected chi connectivity index (χ0v) is 15.1. The van der Waals surface area contributed by atoms with E-state index in [1.54, 1.807) is 6.92 Å². The molecule has 1 aromatic rings. The lowest BCUT2D eigenvalue weighted by Crippen LogP contribution is -2.49. The molecule has 126 valence electrons. The van der Waals surface area contributed by atoms with Gasteiger partial charge in [0.15, 0.2) is 0 Å². The Morgan fingerprint density at radius 3 is 2.22 bits per heavy atom. The fraction of sp³-hybridized carbons (Fsp3) is 0.526. The van der Waals surface area contributed by atoms with Crippen molar-refractivity contribution < 1.29 is 4.79 Å². The fourth-order valence-corrected chi connectivity index (χ4v) is 3.16. The first-order valence-electron chi connectivity index (χ1n) is 8.30. The Morgan fingerprint density at radius 2 is 1.74 bits per heavy atom. The molecular weight excluding hydrogens is 308 g/mol. The van der Waals surface area contributed by atoms with E-state index in [0.717, 1.165) is 37.7 Å². The summed E-state index contributed by atoms with van der Waals surface area (Å²) < 4.78 is 0. The van der Waals surface area contributed by atoms with Gasteiger partial charge in [0.25, 0.3) is 0 Å². The van der Waals surface area contributed by atoms with E-state index in [9.17, 15) is 4.79 Å². The largest absolute Gasteiger partial charge is 0.340 e. The van der Waals surface area contributed by atoms with E-state index in [0.29, 0.717) is 11.8 Å². The normalized spacial score (nSPS) is 17.3. The number of hydrogen-bond donors (Lipinski definition) is 0. The smallest absolute Gasteiger partial charge is 0.219 e. The predicted octanol–water partition coefficient (Wildman–Crippen LogP) is 3.80. The monoisotopic (exact) mass is 334 g/mol. The van der Waals surface area contributed by atoms with Gasteiger partial charge in [-0.25, -0.2) is 0 Å². The summed E-state index contributed by atoms with van der Waals surface area (Å²) in [5.41, 5.74) is 2.52. The molecule has 0 aromatic heterocycles. The van der Waals surface area contributed by atoms with E-state index in [1.165, 1.54) is 11.1 Å². The van der Waals surface area contributed by atoms with E-state index in [4.69, 9.17) is 11.6 Å². The van der Waals surface area contributed by atoms with Crippen LogP contribution >= 0.6 is 11.6 Å². The van der Waals surface area contributed by atoms with Gasteiger partial charge in [0.05, 0.1) is 0 Å². The van der Waals surface area contributed by atoms with Crippen molar-refractivity contribution in [2.45, 2.75) is 26.7 Å². The van der Waals surface area contributed by atoms with Crippen LogP contribution in [0.2, 0.25) is 5.02 Å². The number of piperazine rings is 1. The van der Waals surface area contributed by atoms with E-state index >= 15 is 0 Å². The van der Waals surface area contributed by atoms with Crippen LogP contribution in [0.1, 0.15) is 32.3 Å². The third-order valence-electron chi connectivity index (χ3n) is 4.72. The predicted molar refractivity (Wildman–Crippen MR) is 96.9 cm³/mol. The summed E-state index contributed by atoms with van der Waals surface area (Å²) in [6.07, 6.45) is 0. The number of carbonyl (C=O) groups excluding carboxylic acids is 1. The van der Waals surface area contributed by atoms with Crippen LogP contribution < -0.4 is 0 Å². The minimum atomic E-state index is 0.172. The van der Waals surface area contributed by atoms with Gasteiger partial charge in [-0.15, -0.1) is 0 Å². The first-order chi connectivity index (χ1) is 10.9. The van der Waals surface area contributed by atoms with Crippen LogP contribution in [-0.4, -0.2) is 48.4 Å². The maximum absolute atomic E-state index is 11.5. The van der Waals surface area contributed by atoms with Crippen molar-refractivity contribution in [3.8, 4) is 0 Å². The van der Waals surface area contributed by atoms with E-state index in [-0.39, 0.29) is 5.91 Å². The Labute approximate surface area is 144 Å². The van der Waals surface area contributed by atoms with Crippen molar-refractivity contribution in [3.05, 3.63) is 47.0 Å². The van der Waals surface area contributed by atoms with E-state index < -0.39 is 0 Å². The average molecular weight is 335 g/mol. The van der Waals surface area contributed by atoms with Gasteiger partial charge in [0, 0.05) is 50.6 Å². The fourth-order valence-electron chi connectivity index (χ4n) is 3.04. The number of amides is 1. The first-order valence-corrected chi connectivity index (χ1v) is 8.68. The molecule has 0 spiro atoms. The van der Waals surface area contributed by atoms with Crippen LogP contribution in [0, 0.1) is 5.92 Å². The van der Waals surface area contributed by atoms with Crippen molar-refractivity contribution >= 4 is 17.5 Å². The summed E-state index contributed by atoms with van der Waals surface area (Å²) in [7, 11) is 0. The standard InChI is InChI=1S/C19H27ClN2O/c1-14(2)15(3)19(17-5-7-18(20)8-6-17)13-21-9-11-22(12-10-21)16(4)23/h5-8,14,19H,3,9-13H2,1-2,4H3/t19-/m1/s1. The molecule has 0 radical (unpaired) electrons. The molecule has 3 nitrogen and oxygen atoms in total. The molecule has 1 aliphatic rings. The molecule has 1 heterocycles. The number of nitrogens with zero attached hydrogens (tertiary/aromatic N) is 2. The molecule has 23 heavy (non-hydrogen) atoms. The van der Waals surface area contributed by atoms with Crippen molar-refractivity contribution in [1.82, 2.24) is 9.80 Å². The Morgan fingerprint density at radius 1 is 1.17 bits per heavy atom. The van der Waals surface area contributed by atoms with Gasteiger partial charge < -0.3 is 4.90 Å². The van der Waals surface area contributed by atoms with Crippen LogP contribution in [0.5, 0.6) is 0 Å². The minimum absolute atomic E-state index is 0.172. The molecule has 0 aliphatic carbocycles. The van der Waals surface area contributed by atoms with Gasteiger partial charge in [0.1, 0.15) is 0 Å². The highest BCUT2D eigenvalue weighted by Gasteiger charge is 2.24. The second-order valence-electron chi connectivity index (χ2n) is 6.64. The highest BCUT2D eigenvalue weighted by atomic mass is 35.5. The van der Waals surface area contributed by atoms with Crippen LogP contribution in [0.3, 0.4) is 0 Å². The summed E-state index contributed by atoms with van der Waals surface area (Å²) in [6, 6.07) is 8.11. The molecule has 1 aliphatic heterocycles. The van der Waals surface area contributed by atoms with Crippen molar-refractivity contribution in [3.63, 3.8) is 0 Å². The topological polar surface area (TPSA) is 23.6 Å². The van der Waals surface area contributed by atoms with Gasteiger partial charge in [-0.2, -0.15) is 0 Å². The molecule has 1 aromatic carbocycles. The van der Waals surface area contributed by atoms with Crippen LogP contribution in [0.15, 0.2) is 36.4 Å². The summed E-state index contributed by atoms with van der Waals surface area (Å²) >= 11 is 6.03. The molecule has 4 heteroatoms. The minimum Gasteiger partial charge on any atom is -0.340 e.